The molecule has 0 spiro atoms. The van der Waals surface area contributed by atoms with Crippen molar-refractivity contribution in [3.63, 3.8) is 0 Å². The van der Waals surface area contributed by atoms with Crippen LogP contribution in [-0.4, -0.2) is 39.4 Å². The molecule has 0 radical (unpaired) electrons. The van der Waals surface area contributed by atoms with E-state index in [1.165, 1.54) is 13.4 Å². The number of hydrogen-bond donors (Lipinski definition) is 1. The number of amides is 1. The lowest BCUT2D eigenvalue weighted by Crippen LogP contribution is -2.26. The summed E-state index contributed by atoms with van der Waals surface area (Å²) in [6, 6.07) is 1.58. The van der Waals surface area contributed by atoms with Crippen molar-refractivity contribution in [1.82, 2.24) is 19.7 Å². The Morgan fingerprint density at radius 1 is 1.48 bits per heavy atom. The van der Waals surface area contributed by atoms with E-state index in [0.29, 0.717) is 24.7 Å². The van der Waals surface area contributed by atoms with Gasteiger partial charge < -0.3 is 14.8 Å². The highest BCUT2D eigenvalue weighted by molar-refractivity contribution is 5.92. The highest BCUT2D eigenvalue weighted by atomic mass is 16.5. The van der Waals surface area contributed by atoms with Gasteiger partial charge >= 0.3 is 0 Å². The summed E-state index contributed by atoms with van der Waals surface area (Å²) >= 11 is 0. The molecule has 2 aromatic rings. The zero-order valence-electron chi connectivity index (χ0n) is 13.3. The Bertz CT molecular complexity index is 715. The molecule has 1 aliphatic rings. The van der Waals surface area contributed by atoms with E-state index in [4.69, 9.17) is 9.47 Å². The average Bonchev–Trinajstić information content (AvgIpc) is 3.15. The van der Waals surface area contributed by atoms with E-state index in [9.17, 15) is 4.79 Å². The molecule has 1 aliphatic heterocycles. The molecule has 0 aliphatic carbocycles. The quantitative estimate of drug-likeness (QED) is 0.912. The first-order chi connectivity index (χ1) is 11.1. The van der Waals surface area contributed by atoms with Crippen LogP contribution in [0.3, 0.4) is 0 Å². The van der Waals surface area contributed by atoms with Crippen LogP contribution in [0, 0.1) is 12.8 Å². The predicted octanol–water partition coefficient (Wildman–Crippen LogP) is 1.24. The maximum absolute atomic E-state index is 12.6. The van der Waals surface area contributed by atoms with E-state index in [2.05, 4.69) is 20.4 Å². The first-order valence-corrected chi connectivity index (χ1v) is 7.37. The van der Waals surface area contributed by atoms with E-state index in [0.717, 1.165) is 11.3 Å². The Hall–Kier alpha value is -2.48. The van der Waals surface area contributed by atoms with Gasteiger partial charge in [-0.2, -0.15) is 5.10 Å². The number of nitrogens with zero attached hydrogens (tertiary/aromatic N) is 4. The van der Waals surface area contributed by atoms with Crippen LogP contribution in [0.4, 0.5) is 5.82 Å². The second-order valence-electron chi connectivity index (χ2n) is 5.43. The third kappa shape index (κ3) is 3.02. The van der Waals surface area contributed by atoms with Crippen LogP contribution in [0.25, 0.3) is 0 Å². The van der Waals surface area contributed by atoms with Crippen molar-refractivity contribution < 1.29 is 14.3 Å². The highest BCUT2D eigenvalue weighted by Gasteiger charge is 2.37. The topological polar surface area (TPSA) is 91.2 Å². The van der Waals surface area contributed by atoms with Gasteiger partial charge in [-0.1, -0.05) is 0 Å². The van der Waals surface area contributed by atoms with Gasteiger partial charge in [-0.15, -0.1) is 0 Å². The molecule has 1 saturated heterocycles. The minimum Gasteiger partial charge on any atom is -0.481 e. The number of nitrogens with one attached hydrogen (secondary N) is 1. The van der Waals surface area contributed by atoms with Gasteiger partial charge in [-0.3, -0.25) is 9.48 Å². The molecule has 2 aromatic heterocycles. The number of carbonyl (C=O) groups is 1. The zero-order chi connectivity index (χ0) is 16.4. The fourth-order valence-corrected chi connectivity index (χ4v) is 2.70. The van der Waals surface area contributed by atoms with Gasteiger partial charge in [0.2, 0.25) is 11.8 Å². The Balaban J connectivity index is 1.77. The molecular formula is C15H19N5O3. The highest BCUT2D eigenvalue weighted by Crippen LogP contribution is 2.36. The summed E-state index contributed by atoms with van der Waals surface area (Å²) in [5.41, 5.74) is 1.95. The molecule has 8 nitrogen and oxygen atoms in total. The van der Waals surface area contributed by atoms with Crippen molar-refractivity contribution in [2.45, 2.75) is 19.4 Å². The maximum Gasteiger partial charge on any atom is 0.231 e. The van der Waals surface area contributed by atoms with Gasteiger partial charge in [0, 0.05) is 31.0 Å². The van der Waals surface area contributed by atoms with E-state index < -0.39 is 0 Å². The molecule has 1 amide bonds. The molecule has 0 aromatic carbocycles. The maximum atomic E-state index is 12.6. The summed E-state index contributed by atoms with van der Waals surface area (Å²) in [7, 11) is 3.38. The lowest BCUT2D eigenvalue weighted by Gasteiger charge is -2.18. The summed E-state index contributed by atoms with van der Waals surface area (Å²) < 4.78 is 12.6. The van der Waals surface area contributed by atoms with E-state index in [-0.39, 0.29) is 17.9 Å². The van der Waals surface area contributed by atoms with Crippen LogP contribution in [0.2, 0.25) is 0 Å². The first kappa shape index (κ1) is 15.4. The number of aryl methyl sites for hydroxylation is 1. The second kappa shape index (κ2) is 6.33. The lowest BCUT2D eigenvalue weighted by atomic mass is 9.95. The van der Waals surface area contributed by atoms with Crippen LogP contribution in [0.15, 0.2) is 18.6 Å². The van der Waals surface area contributed by atoms with E-state index in [1.807, 2.05) is 14.0 Å². The monoisotopic (exact) mass is 317 g/mol. The molecule has 3 heterocycles. The summed E-state index contributed by atoms with van der Waals surface area (Å²) in [6.07, 6.45) is 3.49. The fourth-order valence-electron chi connectivity index (χ4n) is 2.70. The van der Waals surface area contributed by atoms with Crippen LogP contribution in [0.5, 0.6) is 5.88 Å². The van der Waals surface area contributed by atoms with Gasteiger partial charge in [0.15, 0.2) is 0 Å². The van der Waals surface area contributed by atoms with Crippen molar-refractivity contribution in [2.75, 3.05) is 19.0 Å². The lowest BCUT2D eigenvalue weighted by molar-refractivity contribution is -0.121. The molecule has 0 unspecified atom stereocenters. The molecule has 0 bridgehead atoms. The Morgan fingerprint density at radius 3 is 3.00 bits per heavy atom. The average molecular weight is 317 g/mol. The van der Waals surface area contributed by atoms with Gasteiger partial charge in [-0.25, -0.2) is 9.97 Å². The van der Waals surface area contributed by atoms with Gasteiger partial charge in [0.05, 0.1) is 25.3 Å². The summed E-state index contributed by atoms with van der Waals surface area (Å²) in [5, 5.41) is 7.04. The smallest absolute Gasteiger partial charge is 0.231 e. The number of aromatic nitrogens is 4. The summed E-state index contributed by atoms with van der Waals surface area (Å²) in [5.74, 6) is 0.406. The third-order valence-electron chi connectivity index (χ3n) is 4.11. The fraction of sp³-hybridized carbons (Fsp3) is 0.467. The molecule has 23 heavy (non-hydrogen) atoms. The van der Waals surface area contributed by atoms with Crippen LogP contribution in [0.1, 0.15) is 23.8 Å². The molecule has 2 atom stereocenters. The molecule has 3 rings (SSSR count). The predicted molar refractivity (Wildman–Crippen MR) is 82.0 cm³/mol. The Labute approximate surface area is 133 Å². The first-order valence-electron chi connectivity index (χ1n) is 7.37. The summed E-state index contributed by atoms with van der Waals surface area (Å²) in [4.78, 5) is 20.6. The van der Waals surface area contributed by atoms with Gasteiger partial charge in [0.25, 0.3) is 0 Å². The molecule has 8 heteroatoms. The van der Waals surface area contributed by atoms with Crippen molar-refractivity contribution in [1.29, 1.82) is 0 Å². The van der Waals surface area contributed by atoms with Gasteiger partial charge in [0.1, 0.15) is 12.1 Å². The number of anilines is 1. The minimum absolute atomic E-state index is 0.128. The van der Waals surface area contributed by atoms with Gasteiger partial charge in [-0.05, 0) is 13.3 Å². The zero-order valence-corrected chi connectivity index (χ0v) is 13.3. The molecular weight excluding hydrogens is 298 g/mol. The second-order valence-corrected chi connectivity index (χ2v) is 5.43. The Kier molecular flexibility index (Phi) is 4.24. The summed E-state index contributed by atoms with van der Waals surface area (Å²) in [6.45, 7) is 2.51. The number of ether oxygens (including phenoxy) is 2. The third-order valence-corrected chi connectivity index (χ3v) is 4.11. The van der Waals surface area contributed by atoms with Crippen molar-refractivity contribution in [3.05, 3.63) is 29.8 Å². The molecule has 1 N–H and O–H groups in total. The molecule has 122 valence electrons. The van der Waals surface area contributed by atoms with E-state index >= 15 is 0 Å². The van der Waals surface area contributed by atoms with Crippen molar-refractivity contribution >= 4 is 11.7 Å². The largest absolute Gasteiger partial charge is 0.481 e. The number of methoxy groups -OCH3 is 1. The number of rotatable bonds is 4. The van der Waals surface area contributed by atoms with Crippen LogP contribution in [-0.2, 0) is 16.6 Å². The van der Waals surface area contributed by atoms with E-state index in [1.54, 1.807) is 16.9 Å². The SMILES string of the molecule is COc1cc(NC(=O)[C@H]2CCO[C@@H]2c2cnn(C)c2C)ncn1. The Morgan fingerprint density at radius 2 is 2.30 bits per heavy atom. The normalized spacial score (nSPS) is 20.5. The van der Waals surface area contributed by atoms with Crippen molar-refractivity contribution in [2.24, 2.45) is 13.0 Å². The minimum atomic E-state index is -0.285. The van der Waals surface area contributed by atoms with Crippen LogP contribution >= 0.6 is 0 Å². The molecule has 0 saturated carbocycles. The van der Waals surface area contributed by atoms with Crippen molar-refractivity contribution in [3.8, 4) is 5.88 Å². The molecule has 1 fully saturated rings. The number of hydrogen-bond acceptors (Lipinski definition) is 6. The van der Waals surface area contributed by atoms with Crippen LogP contribution < -0.4 is 10.1 Å². The standard InChI is InChI=1S/C15H19N5O3/c1-9-11(7-18-20(9)2)14-10(4-5-23-14)15(21)19-12-6-13(22-3)17-8-16-12/h6-8,10,14H,4-5H2,1-3H3,(H,16,17,19,21)/t10-,14-/m0/s1. The number of carbonyl (C=O) groups excluding carboxylic acids is 1.